The number of hydrogen-bond donors (Lipinski definition) is 0. The molecule has 0 N–H and O–H groups in total. The summed E-state index contributed by atoms with van der Waals surface area (Å²) in [4.78, 5) is 7.94. The lowest BCUT2D eigenvalue weighted by Crippen LogP contribution is -2.46. The van der Waals surface area contributed by atoms with E-state index in [-0.39, 0.29) is 0 Å². The summed E-state index contributed by atoms with van der Waals surface area (Å²) in [7, 11) is 0. The number of fused-ring (bicyclic) bond motifs is 3. The van der Waals surface area contributed by atoms with Gasteiger partial charge in [-0.05, 0) is 42.6 Å². The van der Waals surface area contributed by atoms with Gasteiger partial charge in [0.2, 0.25) is 0 Å². The molecule has 5 rings (SSSR count). The van der Waals surface area contributed by atoms with Crippen LogP contribution in [0.15, 0.2) is 84.0 Å². The van der Waals surface area contributed by atoms with Gasteiger partial charge in [0.15, 0.2) is 0 Å². The number of nitrogens with zero attached hydrogens (tertiary/aromatic N) is 6. The molecule has 0 atom stereocenters. The SMILES string of the molecule is [N-]=[N+]=Nc1ccc(/C=C/CN2CCN(CCCCn3c4ccccc4c4ccccc43)CC2)cc1. The molecule has 1 aliphatic rings. The maximum Gasteiger partial charge on any atom is 0.0491 e. The van der Waals surface area contributed by atoms with E-state index in [9.17, 15) is 0 Å². The Balaban J connectivity index is 1.05. The molecule has 35 heavy (non-hydrogen) atoms. The molecule has 0 spiro atoms. The Bertz CT molecular complexity index is 1290. The minimum Gasteiger partial charge on any atom is -0.340 e. The van der Waals surface area contributed by atoms with Crippen LogP contribution in [0, 0.1) is 0 Å². The number of benzene rings is 3. The van der Waals surface area contributed by atoms with Crippen LogP contribution in [0.1, 0.15) is 18.4 Å². The van der Waals surface area contributed by atoms with E-state index in [0.717, 1.165) is 44.8 Å². The number of para-hydroxylation sites is 2. The second-order valence-corrected chi connectivity index (χ2v) is 9.22. The fourth-order valence-corrected chi connectivity index (χ4v) is 5.09. The number of azide groups is 1. The first-order chi connectivity index (χ1) is 17.3. The Hall–Kier alpha value is -3.57. The van der Waals surface area contributed by atoms with Gasteiger partial charge in [-0.2, -0.15) is 0 Å². The highest BCUT2D eigenvalue weighted by molar-refractivity contribution is 6.07. The molecule has 6 heteroatoms. The zero-order valence-electron chi connectivity index (χ0n) is 20.1. The lowest BCUT2D eigenvalue weighted by molar-refractivity contribution is 0.140. The fraction of sp³-hybridized carbons (Fsp3) is 0.310. The smallest absolute Gasteiger partial charge is 0.0491 e. The molecule has 0 unspecified atom stereocenters. The van der Waals surface area contributed by atoms with Crippen molar-refractivity contribution in [3.05, 3.63) is 94.9 Å². The first-order valence-corrected chi connectivity index (χ1v) is 12.5. The second kappa shape index (κ2) is 11.2. The Morgan fingerprint density at radius 1 is 0.743 bits per heavy atom. The molecule has 0 bridgehead atoms. The van der Waals surface area contributed by atoms with Crippen LogP contribution in [0.4, 0.5) is 5.69 Å². The highest BCUT2D eigenvalue weighted by Crippen LogP contribution is 2.29. The number of hydrogen-bond acceptors (Lipinski definition) is 3. The third kappa shape index (κ3) is 5.57. The lowest BCUT2D eigenvalue weighted by Gasteiger charge is -2.34. The molecule has 0 radical (unpaired) electrons. The monoisotopic (exact) mass is 464 g/mol. The van der Waals surface area contributed by atoms with Gasteiger partial charge in [-0.1, -0.05) is 77.9 Å². The van der Waals surface area contributed by atoms with Gasteiger partial charge in [-0.25, -0.2) is 0 Å². The van der Waals surface area contributed by atoms with Crippen LogP contribution >= 0.6 is 0 Å². The molecular weight excluding hydrogens is 432 g/mol. The van der Waals surface area contributed by atoms with E-state index >= 15 is 0 Å². The molecule has 0 aliphatic carbocycles. The Morgan fingerprint density at radius 3 is 2.00 bits per heavy atom. The van der Waals surface area contributed by atoms with Gasteiger partial charge < -0.3 is 9.47 Å². The van der Waals surface area contributed by atoms with Crippen molar-refractivity contribution >= 4 is 33.6 Å². The first-order valence-electron chi connectivity index (χ1n) is 12.5. The minimum absolute atomic E-state index is 0.649. The highest BCUT2D eigenvalue weighted by Gasteiger charge is 2.15. The lowest BCUT2D eigenvalue weighted by atomic mass is 10.2. The molecular formula is C29H32N6. The van der Waals surface area contributed by atoms with Crippen LogP contribution in [-0.4, -0.2) is 53.6 Å². The summed E-state index contributed by atoms with van der Waals surface area (Å²) in [5, 5.41) is 6.33. The number of aryl methyl sites for hydroxylation is 1. The minimum atomic E-state index is 0.649. The number of piperazine rings is 1. The van der Waals surface area contributed by atoms with Crippen molar-refractivity contribution in [3.63, 3.8) is 0 Å². The van der Waals surface area contributed by atoms with Gasteiger partial charge in [0.05, 0.1) is 0 Å². The molecule has 1 saturated heterocycles. The van der Waals surface area contributed by atoms with E-state index in [4.69, 9.17) is 5.53 Å². The summed E-state index contributed by atoms with van der Waals surface area (Å²) >= 11 is 0. The molecule has 4 aromatic rings. The van der Waals surface area contributed by atoms with E-state index in [1.54, 1.807) is 0 Å². The third-order valence-electron chi connectivity index (χ3n) is 6.98. The molecule has 6 nitrogen and oxygen atoms in total. The first kappa shape index (κ1) is 23.2. The second-order valence-electron chi connectivity index (χ2n) is 9.22. The zero-order chi connectivity index (χ0) is 23.9. The summed E-state index contributed by atoms with van der Waals surface area (Å²) in [6, 6.07) is 25.2. The maximum atomic E-state index is 8.50. The van der Waals surface area contributed by atoms with Crippen molar-refractivity contribution in [3.8, 4) is 0 Å². The Kier molecular flexibility index (Phi) is 7.44. The normalized spacial score (nSPS) is 15.2. The van der Waals surface area contributed by atoms with Gasteiger partial charge in [0, 0.05) is 71.7 Å². The zero-order valence-corrected chi connectivity index (χ0v) is 20.1. The summed E-state index contributed by atoms with van der Waals surface area (Å²) < 4.78 is 2.50. The van der Waals surface area contributed by atoms with Crippen LogP contribution in [0.5, 0.6) is 0 Å². The van der Waals surface area contributed by atoms with E-state index < -0.39 is 0 Å². The molecule has 0 saturated carbocycles. The topological polar surface area (TPSA) is 60.2 Å². The molecule has 178 valence electrons. The number of aromatic nitrogens is 1. The fourth-order valence-electron chi connectivity index (χ4n) is 5.09. The molecule has 1 aromatic heterocycles. The summed E-state index contributed by atoms with van der Waals surface area (Å²) in [6.07, 6.45) is 6.79. The van der Waals surface area contributed by atoms with E-state index in [1.165, 1.54) is 41.2 Å². The molecule has 3 aromatic carbocycles. The number of unbranched alkanes of at least 4 members (excludes halogenated alkanes) is 1. The van der Waals surface area contributed by atoms with Crippen molar-refractivity contribution < 1.29 is 0 Å². The quantitative estimate of drug-likeness (QED) is 0.118. The summed E-state index contributed by atoms with van der Waals surface area (Å²) in [5.41, 5.74) is 13.0. The van der Waals surface area contributed by atoms with Gasteiger partial charge in [0.1, 0.15) is 0 Å². The Labute approximate surface area is 206 Å². The van der Waals surface area contributed by atoms with Gasteiger partial charge in [-0.15, -0.1) is 0 Å². The predicted octanol–water partition coefficient (Wildman–Crippen LogP) is 6.85. The van der Waals surface area contributed by atoms with Crippen LogP contribution < -0.4 is 0 Å². The van der Waals surface area contributed by atoms with E-state index in [1.807, 2.05) is 24.3 Å². The Morgan fingerprint density at radius 2 is 1.34 bits per heavy atom. The average Bonchev–Trinajstić information content (AvgIpc) is 3.22. The van der Waals surface area contributed by atoms with Crippen LogP contribution in [0.25, 0.3) is 38.3 Å². The van der Waals surface area contributed by atoms with Crippen LogP contribution in [-0.2, 0) is 6.54 Å². The molecule has 1 fully saturated rings. The van der Waals surface area contributed by atoms with E-state index in [2.05, 4.69) is 85.1 Å². The highest BCUT2D eigenvalue weighted by atomic mass is 15.3. The van der Waals surface area contributed by atoms with E-state index in [0.29, 0.717) is 5.69 Å². The van der Waals surface area contributed by atoms with Gasteiger partial charge in [0.25, 0.3) is 0 Å². The van der Waals surface area contributed by atoms with Gasteiger partial charge in [-0.3, -0.25) is 4.90 Å². The standard InChI is InChI=1S/C29H32N6/c30-32-31-25-15-13-24(14-16-25)8-7-18-34-22-20-33(21-23-34)17-5-6-19-35-28-11-3-1-9-26(28)27-10-2-4-12-29(27)35/h1-4,7-16H,5-6,17-23H2/b8-7+. The van der Waals surface area contributed by atoms with Gasteiger partial charge >= 0.3 is 0 Å². The van der Waals surface area contributed by atoms with Crippen molar-refractivity contribution in [1.29, 1.82) is 0 Å². The molecule has 0 amide bonds. The van der Waals surface area contributed by atoms with Crippen LogP contribution in [0.2, 0.25) is 0 Å². The maximum absolute atomic E-state index is 8.50. The van der Waals surface area contributed by atoms with Crippen molar-refractivity contribution in [2.24, 2.45) is 5.11 Å². The molecule has 1 aliphatic heterocycles. The molecule has 2 heterocycles. The van der Waals surface area contributed by atoms with Crippen molar-refractivity contribution in [2.45, 2.75) is 19.4 Å². The van der Waals surface area contributed by atoms with Crippen molar-refractivity contribution in [1.82, 2.24) is 14.4 Å². The predicted molar refractivity (Wildman–Crippen MR) is 146 cm³/mol. The largest absolute Gasteiger partial charge is 0.340 e. The summed E-state index contributed by atoms with van der Waals surface area (Å²) in [5.74, 6) is 0. The van der Waals surface area contributed by atoms with Crippen molar-refractivity contribution in [2.75, 3.05) is 39.3 Å². The summed E-state index contributed by atoms with van der Waals surface area (Å²) in [6.45, 7) is 7.74. The third-order valence-corrected chi connectivity index (χ3v) is 6.98. The average molecular weight is 465 g/mol. The number of rotatable bonds is 9. The van der Waals surface area contributed by atoms with Crippen LogP contribution in [0.3, 0.4) is 0 Å².